The number of carbonyl (C=O) groups is 1. The first kappa shape index (κ1) is 36.1. The summed E-state index contributed by atoms with van der Waals surface area (Å²) in [4.78, 5) is 14.3. The third-order valence-electron chi connectivity index (χ3n) is 5.59. The van der Waals surface area contributed by atoms with Gasteiger partial charge in [0.2, 0.25) is 0 Å². The standard InChI is InChI=1S/C13H16N2.C6H7N.C6H10O.C4H9NSi.2CH4/c1-14-13(10-6-3-7-11-13)15-12-8-4-2-5-9-12;2*7-6-4-2-1-3-5-6;1-6(2,3)4-5;;/h2,4-5,8-9,15H,3,6-7,10-11H2;1-5H,7H2;1-5H2;1-3H3;2*1H4. The summed E-state index contributed by atoms with van der Waals surface area (Å²) >= 11 is 0. The average molecular weight is 523 g/mol. The van der Waals surface area contributed by atoms with Crippen molar-refractivity contribution in [2.45, 2.75) is 104 Å². The van der Waals surface area contributed by atoms with Crippen molar-refractivity contribution < 1.29 is 4.79 Å². The lowest BCUT2D eigenvalue weighted by molar-refractivity contribution is -0.120. The van der Waals surface area contributed by atoms with Crippen LogP contribution in [0.25, 0.3) is 4.85 Å². The largest absolute Gasteiger partial charge is 0.399 e. The molecule has 4 rings (SSSR count). The Balaban J connectivity index is 0. The molecule has 2 saturated carbocycles. The van der Waals surface area contributed by atoms with Crippen molar-refractivity contribution in [2.75, 3.05) is 11.1 Å². The normalized spacial score (nSPS) is 15.3. The van der Waals surface area contributed by atoms with E-state index in [1.54, 1.807) is 0 Å². The number of para-hydroxylation sites is 2. The van der Waals surface area contributed by atoms with Crippen LogP contribution in [0.15, 0.2) is 60.7 Å². The molecule has 0 atom stereocenters. The molecule has 2 aromatic rings. The van der Waals surface area contributed by atoms with Gasteiger partial charge >= 0.3 is 5.66 Å². The molecule has 0 aliphatic heterocycles. The third kappa shape index (κ3) is 17.9. The molecule has 0 saturated heterocycles. The second-order valence-electron chi connectivity index (χ2n) is 10.1. The Labute approximate surface area is 228 Å². The van der Waals surface area contributed by atoms with E-state index in [4.69, 9.17) is 17.6 Å². The Morgan fingerprint density at radius 1 is 0.865 bits per heavy atom. The van der Waals surface area contributed by atoms with Gasteiger partial charge in [0.05, 0.1) is 0 Å². The number of hydrogen-bond donors (Lipinski definition) is 2. The highest BCUT2D eigenvalue weighted by Crippen LogP contribution is 2.32. The topological polar surface area (TPSA) is 83.3 Å². The summed E-state index contributed by atoms with van der Waals surface area (Å²) in [5, 5.41) is 11.6. The molecule has 0 heterocycles. The SMILES string of the molecule is C.C.C[Si](C)(C)C#N.Nc1ccccc1.O=C1CCCCC1.[C-]#[N+]C1(Nc2ccccc2)CCCCC1. The fraction of sp³-hybridized carbons (Fsp3) is 0.516. The van der Waals surface area contributed by atoms with Gasteiger partial charge in [-0.25, -0.2) is 11.8 Å². The van der Waals surface area contributed by atoms with Crippen LogP contribution in [0.3, 0.4) is 0 Å². The Hall–Kier alpha value is -3.09. The minimum Gasteiger partial charge on any atom is -0.399 e. The van der Waals surface area contributed by atoms with Crippen molar-refractivity contribution in [1.82, 2.24) is 0 Å². The van der Waals surface area contributed by atoms with Gasteiger partial charge in [0.1, 0.15) is 5.78 Å². The maximum Gasteiger partial charge on any atom is 0.305 e. The summed E-state index contributed by atoms with van der Waals surface area (Å²) < 4.78 is 0. The maximum atomic E-state index is 10.5. The number of nitrogen functional groups attached to an aromatic ring is 1. The van der Waals surface area contributed by atoms with E-state index in [2.05, 4.69) is 15.9 Å². The fourth-order valence-corrected chi connectivity index (χ4v) is 3.59. The number of carbonyl (C=O) groups excluding carboxylic acids is 1. The van der Waals surface area contributed by atoms with Crippen molar-refractivity contribution in [2.24, 2.45) is 0 Å². The van der Waals surface area contributed by atoms with Crippen LogP contribution in [0.4, 0.5) is 11.4 Å². The van der Waals surface area contributed by atoms with Crippen molar-refractivity contribution in [3.63, 3.8) is 0 Å². The van der Waals surface area contributed by atoms with Crippen LogP contribution in [-0.4, -0.2) is 19.5 Å². The first-order chi connectivity index (χ1) is 16.7. The number of Topliss-reactive ketones (excluding diaryl/α,β-unsaturated/α-hetero) is 1. The molecule has 3 N–H and O–H groups in total. The summed E-state index contributed by atoms with van der Waals surface area (Å²) in [6.07, 6.45) is 10.8. The zero-order chi connectivity index (χ0) is 26.0. The van der Waals surface area contributed by atoms with Gasteiger partial charge in [0.25, 0.3) is 0 Å². The summed E-state index contributed by atoms with van der Waals surface area (Å²) in [5.41, 5.74) is 9.15. The molecule has 5 nitrogen and oxygen atoms in total. The van der Waals surface area contributed by atoms with Crippen LogP contribution in [-0.2, 0) is 4.79 Å². The first-order valence-corrected chi connectivity index (χ1v) is 16.1. The van der Waals surface area contributed by atoms with Crippen LogP contribution in [0, 0.1) is 17.5 Å². The highest BCUT2D eigenvalue weighted by molar-refractivity contribution is 6.83. The lowest BCUT2D eigenvalue weighted by Crippen LogP contribution is -2.36. The van der Waals surface area contributed by atoms with Crippen LogP contribution < -0.4 is 11.1 Å². The zero-order valence-electron chi connectivity index (χ0n) is 21.7. The molecule has 6 heteroatoms. The van der Waals surface area contributed by atoms with E-state index >= 15 is 0 Å². The van der Waals surface area contributed by atoms with E-state index in [0.29, 0.717) is 5.78 Å². The number of rotatable bonds is 2. The lowest BCUT2D eigenvalue weighted by Gasteiger charge is -2.27. The van der Waals surface area contributed by atoms with Crippen LogP contribution in [0.5, 0.6) is 0 Å². The zero-order valence-corrected chi connectivity index (χ0v) is 22.7. The van der Waals surface area contributed by atoms with E-state index in [9.17, 15) is 4.79 Å². The number of hydrogen-bond acceptors (Lipinski definition) is 4. The molecule has 204 valence electrons. The number of nitrogens with two attached hydrogens (primary N) is 1. The number of anilines is 2. The van der Waals surface area contributed by atoms with Crippen LogP contribution in [0.1, 0.15) is 79.1 Å². The van der Waals surface area contributed by atoms with E-state index < -0.39 is 8.07 Å². The molecular formula is C31H50N4OSi. The van der Waals surface area contributed by atoms with E-state index in [1.807, 2.05) is 80.3 Å². The molecule has 0 spiro atoms. The Kier molecular flexibility index (Phi) is 19.5. The molecule has 2 aromatic carbocycles. The summed E-state index contributed by atoms with van der Waals surface area (Å²) in [5.74, 6) is 0.464. The van der Waals surface area contributed by atoms with Crippen molar-refractivity contribution >= 4 is 25.2 Å². The van der Waals surface area contributed by atoms with Crippen molar-refractivity contribution in [3.8, 4) is 5.69 Å². The van der Waals surface area contributed by atoms with Crippen molar-refractivity contribution in [1.29, 1.82) is 5.26 Å². The van der Waals surface area contributed by atoms with Crippen LogP contribution >= 0.6 is 0 Å². The Morgan fingerprint density at radius 3 is 1.62 bits per heavy atom. The molecule has 2 aliphatic rings. The number of nitrogens with zero attached hydrogens (tertiary/aromatic N) is 2. The number of nitriles is 1. The van der Waals surface area contributed by atoms with Crippen LogP contribution in [0.2, 0.25) is 19.6 Å². The summed E-state index contributed by atoms with van der Waals surface area (Å²) in [6, 6.07) is 19.5. The summed E-state index contributed by atoms with van der Waals surface area (Å²) in [7, 11) is -1.33. The highest BCUT2D eigenvalue weighted by Gasteiger charge is 2.37. The van der Waals surface area contributed by atoms with E-state index in [-0.39, 0.29) is 20.5 Å². The Bertz CT molecular complexity index is 914. The molecule has 0 amide bonds. The predicted octanol–water partition coefficient (Wildman–Crippen LogP) is 9.13. The predicted molar refractivity (Wildman–Crippen MR) is 164 cm³/mol. The smallest absolute Gasteiger partial charge is 0.305 e. The Morgan fingerprint density at radius 2 is 1.30 bits per heavy atom. The van der Waals surface area contributed by atoms with Gasteiger partial charge in [-0.05, 0) is 49.9 Å². The van der Waals surface area contributed by atoms with Gasteiger partial charge in [0.15, 0.2) is 8.07 Å². The van der Waals surface area contributed by atoms with Gasteiger partial charge in [-0.3, -0.25) is 9.64 Å². The van der Waals surface area contributed by atoms with Gasteiger partial charge in [-0.2, -0.15) is 0 Å². The maximum absolute atomic E-state index is 10.5. The van der Waals surface area contributed by atoms with Gasteiger partial charge in [-0.1, -0.05) is 83.7 Å². The van der Waals surface area contributed by atoms with E-state index in [1.165, 1.54) is 25.7 Å². The van der Waals surface area contributed by atoms with E-state index in [0.717, 1.165) is 49.9 Å². The molecule has 0 aromatic heterocycles. The quantitative estimate of drug-likeness (QED) is 0.234. The molecule has 0 radical (unpaired) electrons. The second kappa shape index (κ2) is 20.0. The molecule has 2 aliphatic carbocycles. The average Bonchev–Trinajstić information content (AvgIpc) is 2.87. The molecule has 0 unspecified atom stereocenters. The summed E-state index contributed by atoms with van der Waals surface area (Å²) in [6.45, 7) is 13.4. The molecular weight excluding hydrogens is 472 g/mol. The number of benzene rings is 2. The van der Waals surface area contributed by atoms with Gasteiger partial charge in [0, 0.05) is 42.8 Å². The highest BCUT2D eigenvalue weighted by atomic mass is 28.3. The monoisotopic (exact) mass is 522 g/mol. The number of nitrogens with one attached hydrogen (secondary N) is 1. The third-order valence-corrected chi connectivity index (χ3v) is 6.26. The minimum atomic E-state index is -1.33. The second-order valence-corrected chi connectivity index (χ2v) is 14.8. The van der Waals surface area contributed by atoms with Gasteiger partial charge < -0.3 is 11.1 Å². The van der Waals surface area contributed by atoms with Gasteiger partial charge in [-0.15, -0.1) is 0 Å². The molecule has 0 bridgehead atoms. The lowest BCUT2D eigenvalue weighted by atomic mass is 9.89. The first-order valence-electron chi connectivity index (χ1n) is 12.6. The van der Waals surface area contributed by atoms with Crippen molar-refractivity contribution in [3.05, 3.63) is 72.1 Å². The number of ketones is 1. The fourth-order valence-electron chi connectivity index (χ4n) is 3.59. The molecule has 37 heavy (non-hydrogen) atoms. The minimum absolute atomic E-state index is 0. The molecule has 2 fully saturated rings.